The number of benzene rings is 3. The monoisotopic (exact) mass is 460 g/mol. The maximum Gasteiger partial charge on any atom is 0.278 e. The van der Waals surface area contributed by atoms with Gasteiger partial charge in [0.15, 0.2) is 5.69 Å². The van der Waals surface area contributed by atoms with E-state index in [1.165, 1.54) is 47.1 Å². The molecule has 0 atom stereocenters. The van der Waals surface area contributed by atoms with Gasteiger partial charge in [0.2, 0.25) is 0 Å². The minimum Gasteiger partial charge on any atom is -0.322 e. The maximum atomic E-state index is 13.3. The number of hydrogen-bond acceptors (Lipinski definition) is 6. The molecule has 0 fully saturated rings. The number of nitro benzene ring substituents is 1. The number of rotatable bonds is 6. The zero-order valence-electron chi connectivity index (χ0n) is 17.7. The van der Waals surface area contributed by atoms with E-state index in [0.717, 1.165) is 0 Å². The highest BCUT2D eigenvalue weighted by molar-refractivity contribution is 6.07. The average Bonchev–Trinajstić information content (AvgIpc) is 3.20. The number of non-ortho nitro benzene ring substituents is 1. The quantitative estimate of drug-likeness (QED) is 0.328. The summed E-state index contributed by atoms with van der Waals surface area (Å²) < 4.78 is 14.7. The first kappa shape index (κ1) is 22.3. The summed E-state index contributed by atoms with van der Waals surface area (Å²) in [5.41, 5.74) is 1.54. The molecule has 0 saturated carbocycles. The maximum absolute atomic E-state index is 13.3. The second-order valence-corrected chi connectivity index (χ2v) is 7.21. The highest BCUT2D eigenvalue weighted by atomic mass is 19.1. The Hall–Kier alpha value is -4.93. The summed E-state index contributed by atoms with van der Waals surface area (Å²) in [6.07, 6.45) is 0. The Kier molecular flexibility index (Phi) is 6.08. The van der Waals surface area contributed by atoms with Gasteiger partial charge in [0.1, 0.15) is 5.82 Å². The number of nitrogens with zero attached hydrogens (tertiary/aromatic N) is 4. The molecular formula is C23H17FN6O4. The van der Waals surface area contributed by atoms with Crippen LogP contribution in [0.2, 0.25) is 0 Å². The molecule has 11 heteroatoms. The van der Waals surface area contributed by atoms with Crippen molar-refractivity contribution in [2.45, 2.75) is 6.92 Å². The zero-order chi connectivity index (χ0) is 24.2. The van der Waals surface area contributed by atoms with Crippen LogP contribution < -0.4 is 10.6 Å². The molecule has 0 spiro atoms. The van der Waals surface area contributed by atoms with Crippen molar-refractivity contribution in [1.29, 1.82) is 0 Å². The summed E-state index contributed by atoms with van der Waals surface area (Å²) >= 11 is 0. The fraction of sp³-hybridized carbons (Fsp3) is 0.0435. The molecule has 0 saturated heterocycles. The fourth-order valence-corrected chi connectivity index (χ4v) is 3.22. The van der Waals surface area contributed by atoms with Gasteiger partial charge in [-0.05, 0) is 49.4 Å². The van der Waals surface area contributed by atoms with Crippen molar-refractivity contribution in [2.24, 2.45) is 0 Å². The third-order valence-corrected chi connectivity index (χ3v) is 4.86. The highest BCUT2D eigenvalue weighted by Gasteiger charge is 2.19. The van der Waals surface area contributed by atoms with E-state index in [9.17, 15) is 24.1 Å². The average molecular weight is 460 g/mol. The number of anilines is 2. The Balaban J connectivity index is 1.51. The number of carbonyl (C=O) groups excluding carboxylic acids is 2. The molecule has 0 radical (unpaired) electrons. The van der Waals surface area contributed by atoms with E-state index in [-0.39, 0.29) is 16.9 Å². The molecule has 10 nitrogen and oxygen atoms in total. The molecule has 0 unspecified atom stereocenters. The topological polar surface area (TPSA) is 132 Å². The SMILES string of the molecule is Cc1c(C(=O)Nc2cccc(C(=O)Nc3cccc(F)c3)c2)nnn1-c1cccc([N+](=O)[O-])c1. The van der Waals surface area contributed by atoms with Crippen LogP contribution in [0.25, 0.3) is 5.69 Å². The number of carbonyl (C=O) groups is 2. The van der Waals surface area contributed by atoms with Gasteiger partial charge in [-0.3, -0.25) is 19.7 Å². The second kappa shape index (κ2) is 9.28. The van der Waals surface area contributed by atoms with Crippen molar-refractivity contribution in [3.8, 4) is 5.69 Å². The Morgan fingerprint density at radius 3 is 2.35 bits per heavy atom. The van der Waals surface area contributed by atoms with Crippen LogP contribution in [0.15, 0.2) is 72.8 Å². The lowest BCUT2D eigenvalue weighted by Gasteiger charge is -2.08. The first-order valence-electron chi connectivity index (χ1n) is 9.97. The van der Waals surface area contributed by atoms with E-state index < -0.39 is 22.6 Å². The lowest BCUT2D eigenvalue weighted by atomic mass is 10.1. The summed E-state index contributed by atoms with van der Waals surface area (Å²) in [5.74, 6) is -1.53. The van der Waals surface area contributed by atoms with Gasteiger partial charge in [-0.25, -0.2) is 9.07 Å². The molecule has 3 aromatic carbocycles. The van der Waals surface area contributed by atoms with Gasteiger partial charge in [-0.1, -0.05) is 23.4 Å². The third kappa shape index (κ3) is 4.78. The number of hydrogen-bond donors (Lipinski definition) is 2. The minimum atomic E-state index is -0.572. The Bertz CT molecular complexity index is 1420. The zero-order valence-corrected chi connectivity index (χ0v) is 17.7. The lowest BCUT2D eigenvalue weighted by molar-refractivity contribution is -0.384. The molecule has 4 rings (SSSR count). The van der Waals surface area contributed by atoms with Gasteiger partial charge in [0.25, 0.3) is 17.5 Å². The molecule has 2 amide bonds. The van der Waals surface area contributed by atoms with Gasteiger partial charge >= 0.3 is 0 Å². The molecule has 1 aromatic heterocycles. The number of amides is 2. The Labute approximate surface area is 192 Å². The summed E-state index contributed by atoms with van der Waals surface area (Å²) in [6.45, 7) is 1.61. The molecule has 34 heavy (non-hydrogen) atoms. The van der Waals surface area contributed by atoms with Crippen molar-refractivity contribution in [3.63, 3.8) is 0 Å². The van der Waals surface area contributed by atoms with Crippen molar-refractivity contribution in [3.05, 3.63) is 106 Å². The van der Waals surface area contributed by atoms with Crippen molar-refractivity contribution >= 4 is 28.9 Å². The number of nitro groups is 1. The normalized spacial score (nSPS) is 10.5. The van der Waals surface area contributed by atoms with Crippen LogP contribution in [-0.2, 0) is 0 Å². The van der Waals surface area contributed by atoms with E-state index in [2.05, 4.69) is 20.9 Å². The molecule has 2 N–H and O–H groups in total. The smallest absolute Gasteiger partial charge is 0.278 e. The van der Waals surface area contributed by atoms with E-state index in [4.69, 9.17) is 0 Å². The standard InChI is InChI=1S/C23H17FN6O4/c1-14-21(27-28-29(14)19-9-4-10-20(13-19)30(33)34)23(32)26-17-7-2-5-15(11-17)22(31)25-18-8-3-6-16(24)12-18/h2-13H,1H3,(H,25,31)(H,26,32). The van der Waals surface area contributed by atoms with E-state index in [1.54, 1.807) is 37.3 Å². The number of aromatic nitrogens is 3. The van der Waals surface area contributed by atoms with Crippen LogP contribution >= 0.6 is 0 Å². The first-order valence-corrected chi connectivity index (χ1v) is 9.97. The van der Waals surface area contributed by atoms with Crippen LogP contribution in [0, 0.1) is 22.9 Å². The highest BCUT2D eigenvalue weighted by Crippen LogP contribution is 2.20. The van der Waals surface area contributed by atoms with E-state index in [0.29, 0.717) is 22.8 Å². The summed E-state index contributed by atoms with van der Waals surface area (Å²) in [7, 11) is 0. The van der Waals surface area contributed by atoms with Gasteiger partial charge in [-0.15, -0.1) is 5.10 Å². The third-order valence-electron chi connectivity index (χ3n) is 4.86. The van der Waals surface area contributed by atoms with Crippen molar-refractivity contribution < 1.29 is 18.9 Å². The van der Waals surface area contributed by atoms with Crippen LogP contribution in [0.3, 0.4) is 0 Å². The van der Waals surface area contributed by atoms with E-state index >= 15 is 0 Å². The van der Waals surface area contributed by atoms with E-state index in [1.807, 2.05) is 0 Å². The largest absolute Gasteiger partial charge is 0.322 e. The molecule has 0 aliphatic rings. The Morgan fingerprint density at radius 2 is 1.62 bits per heavy atom. The molecule has 0 aliphatic heterocycles. The van der Waals surface area contributed by atoms with Crippen LogP contribution in [0.5, 0.6) is 0 Å². The Morgan fingerprint density at radius 1 is 0.941 bits per heavy atom. The van der Waals surface area contributed by atoms with Gasteiger partial charge in [0, 0.05) is 29.1 Å². The molecule has 4 aromatic rings. The van der Waals surface area contributed by atoms with Crippen LogP contribution in [0.4, 0.5) is 21.5 Å². The molecule has 0 aliphatic carbocycles. The van der Waals surface area contributed by atoms with Gasteiger partial charge < -0.3 is 10.6 Å². The summed E-state index contributed by atoms with van der Waals surface area (Å²) in [6, 6.07) is 17.5. The number of halogens is 1. The predicted octanol–water partition coefficient (Wildman–Crippen LogP) is 4.13. The second-order valence-electron chi connectivity index (χ2n) is 7.21. The number of nitrogens with one attached hydrogen (secondary N) is 2. The summed E-state index contributed by atoms with van der Waals surface area (Å²) in [4.78, 5) is 35.8. The first-order chi connectivity index (χ1) is 16.3. The van der Waals surface area contributed by atoms with Crippen LogP contribution in [-0.4, -0.2) is 31.7 Å². The summed E-state index contributed by atoms with van der Waals surface area (Å²) in [5, 5.41) is 24.1. The van der Waals surface area contributed by atoms with Crippen molar-refractivity contribution in [2.75, 3.05) is 10.6 Å². The lowest BCUT2D eigenvalue weighted by Crippen LogP contribution is -2.16. The van der Waals surface area contributed by atoms with Crippen LogP contribution in [0.1, 0.15) is 26.5 Å². The van der Waals surface area contributed by atoms with Gasteiger partial charge in [-0.2, -0.15) is 0 Å². The molecule has 170 valence electrons. The fourth-order valence-electron chi connectivity index (χ4n) is 3.22. The predicted molar refractivity (Wildman–Crippen MR) is 121 cm³/mol. The minimum absolute atomic E-state index is 0.0149. The van der Waals surface area contributed by atoms with Gasteiger partial charge in [0.05, 0.1) is 16.3 Å². The molecule has 0 bridgehead atoms. The van der Waals surface area contributed by atoms with Crippen molar-refractivity contribution in [1.82, 2.24) is 15.0 Å². The molecule has 1 heterocycles. The molecular weight excluding hydrogens is 443 g/mol.